The summed E-state index contributed by atoms with van der Waals surface area (Å²) in [6.45, 7) is 0. The lowest BCUT2D eigenvalue weighted by atomic mass is 10.1. The molecule has 0 atom stereocenters. The third-order valence-corrected chi connectivity index (χ3v) is 4.77. The molecule has 0 spiro atoms. The minimum Gasteiger partial charge on any atom is -0.298 e. The van der Waals surface area contributed by atoms with Gasteiger partial charge < -0.3 is 0 Å². The summed E-state index contributed by atoms with van der Waals surface area (Å²) in [5.41, 5.74) is -0.441. The van der Waals surface area contributed by atoms with Crippen molar-refractivity contribution < 1.29 is 9.18 Å². The molecule has 0 N–H and O–H groups in total. The maximum Gasteiger partial charge on any atom is 0.160 e. The predicted molar refractivity (Wildman–Crippen MR) is 80.1 cm³/mol. The number of hydrogen-bond donors (Lipinski definition) is 0. The van der Waals surface area contributed by atoms with E-state index in [4.69, 9.17) is 58.0 Å². The molecule has 0 unspecified atom stereocenters. The van der Waals surface area contributed by atoms with Crippen LogP contribution in [-0.4, -0.2) is 11.3 Å². The Morgan fingerprint density at radius 2 is 1.45 bits per heavy atom. The molecule has 20 heavy (non-hydrogen) atoms. The molecule has 1 aromatic carbocycles. The van der Waals surface area contributed by atoms with Gasteiger partial charge in [-0.05, 0) is 6.07 Å². The van der Waals surface area contributed by atoms with E-state index in [1.54, 1.807) is 0 Å². The predicted octanol–water partition coefficient (Wildman–Crippen LogP) is 5.97. The van der Waals surface area contributed by atoms with Crippen molar-refractivity contribution in [3.63, 3.8) is 0 Å². The van der Waals surface area contributed by atoms with Gasteiger partial charge in [-0.25, -0.2) is 4.39 Å². The van der Waals surface area contributed by atoms with Crippen LogP contribution in [0.3, 0.4) is 0 Å². The fraction of sp³-hybridized carbons (Fsp3) is 0. The number of nitrogens with zero attached hydrogens (tertiary/aromatic N) is 1. The first-order valence-electron chi connectivity index (χ1n) is 5.01. The summed E-state index contributed by atoms with van der Waals surface area (Å²) >= 11 is 29.7. The Morgan fingerprint density at radius 3 is 1.95 bits per heavy atom. The van der Waals surface area contributed by atoms with Crippen LogP contribution in [0.4, 0.5) is 4.39 Å². The molecule has 2 nitrogen and oxygen atoms in total. The first-order chi connectivity index (χ1) is 9.40. The molecule has 1 aromatic heterocycles. The molecule has 8 heteroatoms. The van der Waals surface area contributed by atoms with Gasteiger partial charge in [-0.1, -0.05) is 58.0 Å². The van der Waals surface area contributed by atoms with Crippen LogP contribution in [0, 0.1) is 5.82 Å². The molecule has 0 saturated carbocycles. The molecule has 0 bridgehead atoms. The number of halogens is 6. The number of benzene rings is 1. The number of aromatic nitrogens is 1. The highest BCUT2D eigenvalue weighted by Gasteiger charge is 2.24. The van der Waals surface area contributed by atoms with Gasteiger partial charge in [0.2, 0.25) is 0 Å². The van der Waals surface area contributed by atoms with Crippen molar-refractivity contribution in [2.75, 3.05) is 0 Å². The molecule has 0 aliphatic heterocycles. The Kier molecular flexibility index (Phi) is 4.77. The Labute approximate surface area is 138 Å². The van der Waals surface area contributed by atoms with Crippen LogP contribution in [0.1, 0.15) is 10.4 Å². The molecule has 0 aliphatic rings. The van der Waals surface area contributed by atoms with Crippen molar-refractivity contribution in [2.45, 2.75) is 0 Å². The van der Waals surface area contributed by atoms with Gasteiger partial charge in [-0.15, -0.1) is 0 Å². The molecule has 0 saturated heterocycles. The van der Waals surface area contributed by atoms with Gasteiger partial charge in [0.05, 0.1) is 30.7 Å². The van der Waals surface area contributed by atoms with Gasteiger partial charge in [0, 0.05) is 11.8 Å². The Balaban J connectivity index is 2.87. The Morgan fingerprint density at radius 1 is 0.950 bits per heavy atom. The number of hydrogen-bond acceptors (Lipinski definition) is 2. The standard InChI is InChI=1S/C12H3Cl5FNO/c13-6-5(7(14)9(16)10(17)8(6)15)12-11(18)4(3-20)1-2-19-12/h1-3H. The van der Waals surface area contributed by atoms with Crippen molar-refractivity contribution in [2.24, 2.45) is 0 Å². The van der Waals surface area contributed by atoms with Gasteiger partial charge in [0.15, 0.2) is 12.1 Å². The lowest BCUT2D eigenvalue weighted by Gasteiger charge is -2.12. The lowest BCUT2D eigenvalue weighted by Crippen LogP contribution is -1.97. The van der Waals surface area contributed by atoms with E-state index in [0.717, 1.165) is 0 Å². The zero-order valence-electron chi connectivity index (χ0n) is 9.36. The van der Waals surface area contributed by atoms with Crippen LogP contribution in [0.25, 0.3) is 11.3 Å². The normalized spacial score (nSPS) is 10.7. The Bertz CT molecular complexity index is 690. The van der Waals surface area contributed by atoms with Gasteiger partial charge in [-0.3, -0.25) is 9.78 Å². The molecule has 0 radical (unpaired) electrons. The summed E-state index contributed by atoms with van der Waals surface area (Å²) in [4.78, 5) is 14.6. The van der Waals surface area contributed by atoms with Crippen molar-refractivity contribution in [3.8, 4) is 11.3 Å². The minimum atomic E-state index is -0.874. The third kappa shape index (κ3) is 2.49. The van der Waals surface area contributed by atoms with E-state index in [0.29, 0.717) is 6.29 Å². The highest BCUT2D eigenvalue weighted by atomic mass is 35.5. The van der Waals surface area contributed by atoms with Crippen molar-refractivity contribution in [1.29, 1.82) is 0 Å². The number of aldehydes is 1. The third-order valence-electron chi connectivity index (χ3n) is 2.49. The van der Waals surface area contributed by atoms with Gasteiger partial charge in [0.1, 0.15) is 5.69 Å². The van der Waals surface area contributed by atoms with Crippen LogP contribution >= 0.6 is 58.0 Å². The van der Waals surface area contributed by atoms with E-state index in [-0.39, 0.29) is 41.9 Å². The average Bonchev–Trinajstić information content (AvgIpc) is 2.45. The molecular weight excluding hydrogens is 370 g/mol. The summed E-state index contributed by atoms with van der Waals surface area (Å²) in [6, 6.07) is 1.22. The first kappa shape index (κ1) is 15.8. The van der Waals surface area contributed by atoms with Crippen molar-refractivity contribution >= 4 is 64.3 Å². The van der Waals surface area contributed by atoms with Crippen molar-refractivity contribution in [3.05, 3.63) is 48.8 Å². The fourth-order valence-corrected chi connectivity index (χ4v) is 2.85. The second-order valence-electron chi connectivity index (χ2n) is 3.63. The van der Waals surface area contributed by atoms with Gasteiger partial charge >= 0.3 is 0 Å². The van der Waals surface area contributed by atoms with Crippen LogP contribution in [0.2, 0.25) is 25.1 Å². The zero-order valence-corrected chi connectivity index (χ0v) is 13.1. The van der Waals surface area contributed by atoms with Crippen molar-refractivity contribution in [1.82, 2.24) is 4.98 Å². The second-order valence-corrected chi connectivity index (χ2v) is 5.52. The first-order valence-corrected chi connectivity index (χ1v) is 6.90. The van der Waals surface area contributed by atoms with Crippen LogP contribution in [0.5, 0.6) is 0 Å². The smallest absolute Gasteiger partial charge is 0.160 e. The van der Waals surface area contributed by atoms with Gasteiger partial charge in [0.25, 0.3) is 0 Å². The maximum atomic E-state index is 14.2. The van der Waals surface area contributed by atoms with Crippen LogP contribution in [0.15, 0.2) is 12.3 Å². The summed E-state index contributed by atoms with van der Waals surface area (Å²) in [7, 11) is 0. The van der Waals surface area contributed by atoms with E-state index >= 15 is 0 Å². The summed E-state index contributed by atoms with van der Waals surface area (Å²) in [6.07, 6.45) is 1.59. The minimum absolute atomic E-state index is 0.0195. The summed E-state index contributed by atoms with van der Waals surface area (Å²) in [5.74, 6) is -0.874. The molecule has 1 heterocycles. The second kappa shape index (κ2) is 6.04. The maximum absolute atomic E-state index is 14.2. The zero-order chi connectivity index (χ0) is 15.0. The molecular formula is C12H3Cl5FNO. The van der Waals surface area contributed by atoms with E-state index in [1.807, 2.05) is 0 Å². The van der Waals surface area contributed by atoms with E-state index in [1.165, 1.54) is 12.3 Å². The van der Waals surface area contributed by atoms with Crippen LogP contribution < -0.4 is 0 Å². The summed E-state index contributed by atoms with van der Waals surface area (Å²) in [5, 5.41) is -0.383. The van der Waals surface area contributed by atoms with Gasteiger partial charge in [-0.2, -0.15) is 0 Å². The fourth-order valence-electron chi connectivity index (χ4n) is 1.54. The molecule has 0 aliphatic carbocycles. The number of carbonyl (C=O) groups is 1. The monoisotopic (exact) mass is 371 g/mol. The highest BCUT2D eigenvalue weighted by molar-refractivity contribution is 6.56. The molecule has 104 valence electrons. The SMILES string of the molecule is O=Cc1ccnc(-c2c(Cl)c(Cl)c(Cl)c(Cl)c2Cl)c1F. The van der Waals surface area contributed by atoms with E-state index < -0.39 is 5.82 Å². The van der Waals surface area contributed by atoms with E-state index in [9.17, 15) is 9.18 Å². The lowest BCUT2D eigenvalue weighted by molar-refractivity contribution is 0.111. The molecule has 2 rings (SSSR count). The van der Waals surface area contributed by atoms with E-state index in [2.05, 4.69) is 4.98 Å². The topological polar surface area (TPSA) is 30.0 Å². The molecule has 2 aromatic rings. The molecule has 0 amide bonds. The quantitative estimate of drug-likeness (QED) is 0.369. The largest absolute Gasteiger partial charge is 0.298 e. The number of pyridine rings is 1. The average molecular weight is 373 g/mol. The summed E-state index contributed by atoms with van der Waals surface area (Å²) < 4.78 is 14.2. The Hall–Kier alpha value is -0.580. The number of carbonyl (C=O) groups excluding carboxylic acids is 1. The van der Waals surface area contributed by atoms with Crippen LogP contribution in [-0.2, 0) is 0 Å². The molecule has 0 fully saturated rings. The highest BCUT2D eigenvalue weighted by Crippen LogP contribution is 2.48. The number of rotatable bonds is 2.